The smallest absolute Gasteiger partial charge is 0.331 e. The number of rotatable bonds is 3. The number of fused-ring (bicyclic) bond motifs is 3. The number of benzene rings is 2. The van der Waals surface area contributed by atoms with Crippen molar-refractivity contribution >= 4 is 23.4 Å². The third-order valence-electron chi connectivity index (χ3n) is 5.92. The zero-order valence-electron chi connectivity index (χ0n) is 18.8. The summed E-state index contributed by atoms with van der Waals surface area (Å²) < 4.78 is 17.2. The third kappa shape index (κ3) is 3.55. The van der Waals surface area contributed by atoms with Crippen molar-refractivity contribution in [1.29, 1.82) is 0 Å². The standard InChI is InChI=1S/C26H26O6/c1-14-15(2)31-24-17-11-12-26(3,4)32-25(17)20(23(29)21(24)22(14)28)18(13-19(27)30-5)16-9-7-6-8-10-16/h6-15,29H,1-5H3/t14-,15-/m1/s1. The van der Waals surface area contributed by atoms with Gasteiger partial charge in [0.15, 0.2) is 5.78 Å². The van der Waals surface area contributed by atoms with E-state index in [1.54, 1.807) is 6.92 Å². The molecule has 0 radical (unpaired) electrons. The van der Waals surface area contributed by atoms with E-state index < -0.39 is 17.5 Å². The van der Waals surface area contributed by atoms with Gasteiger partial charge in [0.1, 0.15) is 34.5 Å². The van der Waals surface area contributed by atoms with E-state index in [9.17, 15) is 14.7 Å². The number of aromatic hydroxyl groups is 1. The van der Waals surface area contributed by atoms with Crippen LogP contribution in [0, 0.1) is 5.92 Å². The first-order valence-corrected chi connectivity index (χ1v) is 10.5. The largest absolute Gasteiger partial charge is 0.506 e. The minimum atomic E-state index is -0.674. The molecule has 0 saturated carbocycles. The Kier molecular flexibility index (Phi) is 5.33. The molecule has 2 atom stereocenters. The topological polar surface area (TPSA) is 82.1 Å². The summed E-state index contributed by atoms with van der Waals surface area (Å²) in [6.45, 7) is 7.37. The Balaban J connectivity index is 2.10. The Morgan fingerprint density at radius 2 is 1.84 bits per heavy atom. The van der Waals surface area contributed by atoms with Crippen LogP contribution in [0.4, 0.5) is 0 Å². The van der Waals surface area contributed by atoms with Crippen LogP contribution in [0.15, 0.2) is 42.5 Å². The SMILES string of the molecule is COC(=O)C=C(c1ccccc1)c1c(O)c2c(c3c1OC(C)(C)C=C3)O[C@H](C)[C@@H](C)C2=O. The minimum absolute atomic E-state index is 0.101. The van der Waals surface area contributed by atoms with Crippen LogP contribution in [0.3, 0.4) is 0 Å². The predicted octanol–water partition coefficient (Wildman–Crippen LogP) is 4.78. The summed E-state index contributed by atoms with van der Waals surface area (Å²) in [5, 5.41) is 11.5. The number of phenols is 1. The van der Waals surface area contributed by atoms with E-state index in [1.807, 2.05) is 63.3 Å². The Bertz CT molecular complexity index is 1160. The Morgan fingerprint density at radius 3 is 2.50 bits per heavy atom. The first kappa shape index (κ1) is 21.7. The van der Waals surface area contributed by atoms with Crippen molar-refractivity contribution in [3.05, 3.63) is 64.7 Å². The lowest BCUT2D eigenvalue weighted by Crippen LogP contribution is -2.35. The van der Waals surface area contributed by atoms with Crippen LogP contribution in [0.25, 0.3) is 11.6 Å². The van der Waals surface area contributed by atoms with Gasteiger partial charge in [-0.25, -0.2) is 4.79 Å². The molecule has 32 heavy (non-hydrogen) atoms. The van der Waals surface area contributed by atoms with Crippen LogP contribution >= 0.6 is 0 Å². The molecule has 0 unspecified atom stereocenters. The predicted molar refractivity (Wildman–Crippen MR) is 121 cm³/mol. The van der Waals surface area contributed by atoms with Gasteiger partial charge in [-0.05, 0) is 38.5 Å². The fourth-order valence-corrected chi connectivity index (χ4v) is 3.98. The maximum absolute atomic E-state index is 13.2. The number of Topliss-reactive ketones (excluding diaryl/α,β-unsaturated/α-hetero) is 1. The third-order valence-corrected chi connectivity index (χ3v) is 5.92. The first-order chi connectivity index (χ1) is 15.1. The maximum atomic E-state index is 13.2. The number of ketones is 1. The second-order valence-electron chi connectivity index (χ2n) is 8.63. The van der Waals surface area contributed by atoms with Gasteiger partial charge in [-0.1, -0.05) is 37.3 Å². The normalized spacial score (nSPS) is 21.2. The van der Waals surface area contributed by atoms with Gasteiger partial charge in [0.05, 0.1) is 24.2 Å². The summed E-state index contributed by atoms with van der Waals surface area (Å²) in [6, 6.07) is 9.13. The number of carbonyl (C=O) groups is 2. The summed E-state index contributed by atoms with van der Waals surface area (Å²) >= 11 is 0. The zero-order valence-corrected chi connectivity index (χ0v) is 18.8. The summed E-state index contributed by atoms with van der Waals surface area (Å²) in [7, 11) is 1.28. The van der Waals surface area contributed by atoms with Crippen LogP contribution < -0.4 is 9.47 Å². The highest BCUT2D eigenvalue weighted by molar-refractivity contribution is 6.09. The number of methoxy groups -OCH3 is 1. The molecule has 0 aromatic heterocycles. The molecule has 1 N–H and O–H groups in total. The van der Waals surface area contributed by atoms with Crippen molar-refractivity contribution in [2.45, 2.75) is 39.4 Å². The van der Waals surface area contributed by atoms with Crippen molar-refractivity contribution in [3.63, 3.8) is 0 Å². The molecule has 6 nitrogen and oxygen atoms in total. The molecule has 2 aromatic carbocycles. The average molecular weight is 434 g/mol. The van der Waals surface area contributed by atoms with E-state index >= 15 is 0 Å². The lowest BCUT2D eigenvalue weighted by atomic mass is 9.83. The lowest BCUT2D eigenvalue weighted by molar-refractivity contribution is -0.134. The second-order valence-corrected chi connectivity index (χ2v) is 8.63. The molecule has 166 valence electrons. The van der Waals surface area contributed by atoms with Crippen LogP contribution in [0.2, 0.25) is 0 Å². The molecule has 2 aliphatic rings. The van der Waals surface area contributed by atoms with Gasteiger partial charge < -0.3 is 19.3 Å². The summed E-state index contributed by atoms with van der Waals surface area (Å²) in [5.74, 6) is -0.869. The molecule has 6 heteroatoms. The molecule has 4 rings (SSSR count). The molecule has 0 aliphatic carbocycles. The average Bonchev–Trinajstić information content (AvgIpc) is 2.76. The minimum Gasteiger partial charge on any atom is -0.506 e. The number of hydrogen-bond donors (Lipinski definition) is 1. The number of ether oxygens (including phenoxy) is 3. The van der Waals surface area contributed by atoms with Crippen LogP contribution in [0.1, 0.15) is 54.7 Å². The quantitative estimate of drug-likeness (QED) is 0.553. The fraction of sp³-hybridized carbons (Fsp3) is 0.308. The van der Waals surface area contributed by atoms with E-state index in [2.05, 4.69) is 0 Å². The number of phenolic OH excluding ortho intramolecular Hbond substituents is 1. The van der Waals surface area contributed by atoms with Crippen molar-refractivity contribution < 1.29 is 28.9 Å². The van der Waals surface area contributed by atoms with E-state index in [-0.39, 0.29) is 28.8 Å². The zero-order chi connectivity index (χ0) is 23.2. The summed E-state index contributed by atoms with van der Waals surface area (Å²) in [6.07, 6.45) is 4.66. The lowest BCUT2D eigenvalue weighted by Gasteiger charge is -2.35. The summed E-state index contributed by atoms with van der Waals surface area (Å²) in [4.78, 5) is 25.5. The molecule has 0 fully saturated rings. The maximum Gasteiger partial charge on any atom is 0.331 e. The molecular formula is C26H26O6. The van der Waals surface area contributed by atoms with Gasteiger partial charge in [0.25, 0.3) is 0 Å². The van der Waals surface area contributed by atoms with Crippen molar-refractivity contribution in [2.75, 3.05) is 7.11 Å². The van der Waals surface area contributed by atoms with Crippen LogP contribution in [-0.4, -0.2) is 35.7 Å². The van der Waals surface area contributed by atoms with Crippen molar-refractivity contribution in [3.8, 4) is 17.2 Å². The van der Waals surface area contributed by atoms with E-state index in [0.29, 0.717) is 28.2 Å². The highest BCUT2D eigenvalue weighted by Gasteiger charge is 2.41. The van der Waals surface area contributed by atoms with Gasteiger partial charge in [0, 0.05) is 11.6 Å². The number of hydrogen-bond acceptors (Lipinski definition) is 6. The Labute approximate surface area is 187 Å². The Morgan fingerprint density at radius 1 is 1.16 bits per heavy atom. The van der Waals surface area contributed by atoms with Crippen molar-refractivity contribution in [2.24, 2.45) is 5.92 Å². The monoisotopic (exact) mass is 434 g/mol. The number of esters is 1. The van der Waals surface area contributed by atoms with E-state index in [0.717, 1.165) is 0 Å². The van der Waals surface area contributed by atoms with Gasteiger partial charge in [-0.15, -0.1) is 0 Å². The van der Waals surface area contributed by atoms with Gasteiger partial charge in [-0.3, -0.25) is 4.79 Å². The van der Waals surface area contributed by atoms with Gasteiger partial charge in [0.2, 0.25) is 0 Å². The molecule has 0 bridgehead atoms. The van der Waals surface area contributed by atoms with Gasteiger partial charge >= 0.3 is 5.97 Å². The fourth-order valence-electron chi connectivity index (χ4n) is 3.98. The van der Waals surface area contributed by atoms with Crippen molar-refractivity contribution in [1.82, 2.24) is 0 Å². The molecule has 2 heterocycles. The molecule has 0 amide bonds. The van der Waals surface area contributed by atoms with E-state index in [4.69, 9.17) is 14.2 Å². The van der Waals surface area contributed by atoms with Crippen LogP contribution in [-0.2, 0) is 9.53 Å². The highest BCUT2D eigenvalue weighted by Crippen LogP contribution is 2.53. The van der Waals surface area contributed by atoms with E-state index in [1.165, 1.54) is 13.2 Å². The molecule has 0 spiro atoms. The first-order valence-electron chi connectivity index (χ1n) is 10.5. The van der Waals surface area contributed by atoms with Gasteiger partial charge in [-0.2, -0.15) is 0 Å². The van der Waals surface area contributed by atoms with Crippen LogP contribution in [0.5, 0.6) is 17.2 Å². The summed E-state index contributed by atoms with van der Waals surface area (Å²) in [5.41, 5.74) is 1.30. The Hall–Kier alpha value is -3.54. The second kappa shape index (κ2) is 7.86. The molecule has 0 saturated heterocycles. The molecular weight excluding hydrogens is 408 g/mol. The highest BCUT2D eigenvalue weighted by atomic mass is 16.5. The molecule has 2 aliphatic heterocycles. The molecule has 2 aromatic rings. The number of carbonyl (C=O) groups excluding carboxylic acids is 2.